The highest BCUT2D eigenvalue weighted by molar-refractivity contribution is 5.95. The molecule has 17 heteroatoms. The van der Waals surface area contributed by atoms with E-state index in [1.165, 1.54) is 45.0 Å². The number of hydrogen-bond donors (Lipinski definition) is 1. The molecule has 6 rings (SSSR count). The molecule has 1 N–H and O–H groups in total. The first-order valence-corrected chi connectivity index (χ1v) is 22.3. The molecule has 2 saturated heterocycles. The number of amides is 2. The summed E-state index contributed by atoms with van der Waals surface area (Å²) in [5, 5.41) is 3.53. The van der Waals surface area contributed by atoms with Crippen LogP contribution in [-0.2, 0) is 68.3 Å². The molecule has 0 unspecified atom stereocenters. The van der Waals surface area contributed by atoms with Gasteiger partial charge in [-0.2, -0.15) is 0 Å². The van der Waals surface area contributed by atoms with Crippen LogP contribution < -0.4 is 5.32 Å². The van der Waals surface area contributed by atoms with Gasteiger partial charge in [0.1, 0.15) is 37.3 Å². The quantitative estimate of drug-likeness (QED) is 0.0717. The van der Waals surface area contributed by atoms with E-state index in [1.807, 2.05) is 84.9 Å². The first-order chi connectivity index (χ1) is 32.6. The molecule has 0 aromatic heterocycles. The van der Waals surface area contributed by atoms with Gasteiger partial charge in [-0.3, -0.25) is 28.8 Å². The lowest BCUT2D eigenvalue weighted by Crippen LogP contribution is -2.62. The first kappa shape index (κ1) is 50.3. The number of para-hydroxylation sites is 1. The van der Waals surface area contributed by atoms with Crippen molar-refractivity contribution in [1.82, 2.24) is 4.90 Å². The van der Waals surface area contributed by atoms with E-state index < -0.39 is 102 Å². The zero-order chi connectivity index (χ0) is 48.9. The number of esters is 5. The van der Waals surface area contributed by atoms with Crippen LogP contribution >= 0.6 is 0 Å². The van der Waals surface area contributed by atoms with Crippen molar-refractivity contribution < 1.29 is 71.1 Å². The predicted octanol–water partition coefficient (Wildman–Crippen LogP) is 7.46. The highest BCUT2D eigenvalue weighted by Crippen LogP contribution is 2.39. The minimum Gasteiger partial charge on any atom is -0.463 e. The van der Waals surface area contributed by atoms with Crippen LogP contribution in [0.3, 0.4) is 0 Å². The van der Waals surface area contributed by atoms with Crippen molar-refractivity contribution in [2.75, 3.05) is 18.5 Å². The van der Waals surface area contributed by atoms with Crippen LogP contribution in [0.5, 0.6) is 0 Å². The van der Waals surface area contributed by atoms with Crippen molar-refractivity contribution in [3.05, 3.63) is 137 Å². The minimum atomic E-state index is -1.31. The number of rotatable bonds is 19. The normalized spacial score (nSPS) is 21.3. The van der Waals surface area contributed by atoms with Crippen molar-refractivity contribution in [3.8, 4) is 0 Å². The smallest absolute Gasteiger partial charge is 0.417 e. The molecule has 9 atom stereocenters. The third-order valence-electron chi connectivity index (χ3n) is 11.5. The Morgan fingerprint density at radius 3 is 1.84 bits per heavy atom. The molecule has 68 heavy (non-hydrogen) atoms. The Hall–Kier alpha value is -7.14. The van der Waals surface area contributed by atoms with Gasteiger partial charge in [0.25, 0.3) is 0 Å². The Morgan fingerprint density at radius 2 is 1.25 bits per heavy atom. The van der Waals surface area contributed by atoms with Gasteiger partial charge in [-0.05, 0) is 72.2 Å². The van der Waals surface area contributed by atoms with Crippen molar-refractivity contribution in [1.29, 1.82) is 0 Å². The van der Waals surface area contributed by atoms with Crippen molar-refractivity contribution in [2.24, 2.45) is 5.92 Å². The van der Waals surface area contributed by atoms with Crippen LogP contribution in [0, 0.1) is 11.7 Å². The average molecular weight is 939 g/mol. The fourth-order valence-electron chi connectivity index (χ4n) is 8.58. The van der Waals surface area contributed by atoms with Crippen molar-refractivity contribution in [2.45, 2.75) is 109 Å². The van der Waals surface area contributed by atoms with E-state index in [0.29, 0.717) is 28.8 Å². The zero-order valence-electron chi connectivity index (χ0n) is 38.4. The first-order valence-electron chi connectivity index (χ1n) is 22.3. The lowest BCUT2D eigenvalue weighted by atomic mass is 9.85. The number of anilines is 1. The van der Waals surface area contributed by atoms with Crippen LogP contribution in [0.25, 0.3) is 0 Å². The molecule has 0 bridgehead atoms. The van der Waals surface area contributed by atoms with Crippen LogP contribution in [0.1, 0.15) is 94.3 Å². The highest BCUT2D eigenvalue weighted by Gasteiger charge is 2.52. The van der Waals surface area contributed by atoms with E-state index in [0.717, 1.165) is 24.3 Å². The Bertz CT molecular complexity index is 2380. The number of ether oxygens (including phenoxy) is 7. The summed E-state index contributed by atoms with van der Waals surface area (Å²) in [7, 11) is 0. The number of nitrogens with one attached hydrogen (secondary N) is 1. The summed E-state index contributed by atoms with van der Waals surface area (Å²) in [5.41, 5.74) is 3.31. The maximum atomic E-state index is 15.2. The highest BCUT2D eigenvalue weighted by atomic mass is 19.1. The number of halogens is 1. The number of cyclic esters (lactones) is 1. The van der Waals surface area contributed by atoms with Gasteiger partial charge >= 0.3 is 35.9 Å². The van der Waals surface area contributed by atoms with Gasteiger partial charge < -0.3 is 38.5 Å². The second-order valence-corrected chi connectivity index (χ2v) is 16.6. The predicted molar refractivity (Wildman–Crippen MR) is 241 cm³/mol. The van der Waals surface area contributed by atoms with E-state index in [9.17, 15) is 33.2 Å². The Morgan fingerprint density at radius 1 is 0.676 bits per heavy atom. The summed E-state index contributed by atoms with van der Waals surface area (Å²) in [6.07, 6.45) is -6.83. The van der Waals surface area contributed by atoms with Gasteiger partial charge in [0.15, 0.2) is 18.3 Å². The lowest BCUT2D eigenvalue weighted by molar-refractivity contribution is -0.253. The monoisotopic (exact) mass is 938 g/mol. The molecule has 360 valence electrons. The van der Waals surface area contributed by atoms with Gasteiger partial charge in [-0.15, -0.1) is 0 Å². The number of carbonyl (C=O) groups is 7. The molecule has 2 amide bonds. The summed E-state index contributed by atoms with van der Waals surface area (Å²) >= 11 is 0. The minimum absolute atomic E-state index is 0.0576. The lowest BCUT2D eigenvalue weighted by Gasteiger charge is -2.44. The second kappa shape index (κ2) is 23.5. The molecule has 16 nitrogen and oxygen atoms in total. The van der Waals surface area contributed by atoms with E-state index in [2.05, 4.69) is 5.32 Å². The van der Waals surface area contributed by atoms with Gasteiger partial charge in [0.2, 0.25) is 5.91 Å². The maximum absolute atomic E-state index is 15.2. The SMILES string of the molecule is CC(=O)OC[C@H]1O[C@@H](CCc2ccc([C@@H](Nc3ccccc3)[C@@H](CC[C@H](OC(C)=O)c3ccc(F)cc3)C(=O)N3C(=O)OC[C@@H]3c3ccccc3)cc2)[C@H](OC(C)=O)[C@@H](OC(C)=O)[C@@H]1OC(C)=O. The molecule has 0 radical (unpaired) electrons. The number of aryl methyl sites for hydroxylation is 1. The van der Waals surface area contributed by atoms with E-state index in [1.54, 1.807) is 0 Å². The Kier molecular flexibility index (Phi) is 17.4. The molecular weight excluding hydrogens is 884 g/mol. The second-order valence-electron chi connectivity index (χ2n) is 16.6. The van der Waals surface area contributed by atoms with Crippen molar-refractivity contribution in [3.63, 3.8) is 0 Å². The molecule has 0 spiro atoms. The van der Waals surface area contributed by atoms with Crippen LogP contribution in [0.4, 0.5) is 14.9 Å². The summed E-state index contributed by atoms with van der Waals surface area (Å²) in [6.45, 7) is 5.54. The average Bonchev–Trinajstić information content (AvgIpc) is 3.70. The molecular formula is C51H55FN2O14. The molecule has 0 saturated carbocycles. The topological polar surface area (TPSA) is 199 Å². The maximum Gasteiger partial charge on any atom is 0.417 e. The van der Waals surface area contributed by atoms with Gasteiger partial charge in [0, 0.05) is 40.3 Å². The van der Waals surface area contributed by atoms with Crippen LogP contribution in [-0.4, -0.2) is 90.5 Å². The van der Waals surface area contributed by atoms with Gasteiger partial charge in [0.05, 0.1) is 18.1 Å². The molecule has 2 heterocycles. The number of hydrogen-bond acceptors (Lipinski definition) is 15. The van der Waals surface area contributed by atoms with E-state index in [-0.39, 0.29) is 32.5 Å². The summed E-state index contributed by atoms with van der Waals surface area (Å²) in [4.78, 5) is 91.2. The number of benzene rings is 4. The summed E-state index contributed by atoms with van der Waals surface area (Å²) in [5.74, 6) is -5.39. The summed E-state index contributed by atoms with van der Waals surface area (Å²) in [6, 6.07) is 29.7. The Balaban J connectivity index is 1.35. The van der Waals surface area contributed by atoms with Crippen LogP contribution in [0.2, 0.25) is 0 Å². The van der Waals surface area contributed by atoms with Gasteiger partial charge in [-0.1, -0.05) is 84.9 Å². The van der Waals surface area contributed by atoms with E-state index >= 15 is 4.79 Å². The third-order valence-corrected chi connectivity index (χ3v) is 11.5. The zero-order valence-corrected chi connectivity index (χ0v) is 38.4. The fourth-order valence-corrected chi connectivity index (χ4v) is 8.58. The molecule has 2 aliphatic rings. The molecule has 2 fully saturated rings. The third kappa shape index (κ3) is 13.5. The largest absolute Gasteiger partial charge is 0.463 e. The number of imide groups is 1. The standard InChI is InChI=1S/C51H55FN2O14/c1-30(55)62-29-45-48(66-33(4)58)49(67-34(5)59)47(65-32(3)57)44(68-45)26-18-35-16-19-38(20-17-35)46(53-40-14-10-7-11-15-40)41(25-27-43(64-31(2)56)37-21-23-39(52)24-22-37)50(60)54-42(28-63-51(54)61)36-12-8-6-9-13-36/h6-17,19-24,41-49,53H,18,25-29H2,1-5H3/t41-,42-,43+,44+,45-,46-,47+,48-,49-/m1/s1. The molecule has 0 aliphatic carbocycles. The molecule has 4 aromatic rings. The Labute approximate surface area is 393 Å². The summed E-state index contributed by atoms with van der Waals surface area (Å²) < 4.78 is 53.6. The van der Waals surface area contributed by atoms with E-state index in [4.69, 9.17) is 33.2 Å². The van der Waals surface area contributed by atoms with Gasteiger partial charge in [-0.25, -0.2) is 14.1 Å². The van der Waals surface area contributed by atoms with Crippen LogP contribution in [0.15, 0.2) is 109 Å². The number of nitrogens with zero attached hydrogens (tertiary/aromatic N) is 1. The number of carbonyl (C=O) groups excluding carboxylic acids is 7. The fraction of sp³-hybridized carbons (Fsp3) is 0.392. The van der Waals surface area contributed by atoms with Crippen molar-refractivity contribution >= 4 is 47.5 Å². The molecule has 4 aromatic carbocycles. The molecule has 2 aliphatic heterocycles.